The van der Waals surface area contributed by atoms with Gasteiger partial charge in [-0.15, -0.1) is 0 Å². The summed E-state index contributed by atoms with van der Waals surface area (Å²) in [6.45, 7) is 0.930. The Hall–Kier alpha value is -2.08. The predicted octanol–water partition coefficient (Wildman–Crippen LogP) is 0.970. The number of amides is 2. The quantitative estimate of drug-likeness (QED) is 0.847. The van der Waals surface area contributed by atoms with Gasteiger partial charge in [-0.3, -0.25) is 4.79 Å². The molecule has 2 unspecified atom stereocenters. The number of carbonyl (C=O) groups is 2. The lowest BCUT2D eigenvalue weighted by atomic mass is 10.0. The van der Waals surface area contributed by atoms with E-state index in [0.29, 0.717) is 6.54 Å². The van der Waals surface area contributed by atoms with Gasteiger partial charge in [0.25, 0.3) is 0 Å². The molecule has 2 N–H and O–H groups in total. The molecule has 114 valence electrons. The maximum atomic E-state index is 12.1. The first-order valence-electron chi connectivity index (χ1n) is 6.94. The molecular formula is C15H20N2O4. The molecule has 0 aliphatic carbocycles. The molecule has 0 spiro atoms. The molecule has 1 aliphatic heterocycles. The van der Waals surface area contributed by atoms with Crippen LogP contribution < -0.4 is 5.32 Å². The number of urea groups is 1. The van der Waals surface area contributed by atoms with Crippen molar-refractivity contribution in [3.8, 4) is 0 Å². The van der Waals surface area contributed by atoms with E-state index in [9.17, 15) is 9.59 Å². The summed E-state index contributed by atoms with van der Waals surface area (Å²) in [5.74, 6) is -1.59. The Labute approximate surface area is 123 Å². The molecule has 1 aliphatic rings. The monoisotopic (exact) mass is 292 g/mol. The van der Waals surface area contributed by atoms with Gasteiger partial charge in [-0.1, -0.05) is 30.3 Å². The summed E-state index contributed by atoms with van der Waals surface area (Å²) < 4.78 is 5.17. The van der Waals surface area contributed by atoms with E-state index >= 15 is 0 Å². The maximum Gasteiger partial charge on any atom is 0.317 e. The number of likely N-dealkylation sites (N-methyl/N-ethyl adjacent to an activating group) is 1. The van der Waals surface area contributed by atoms with Crippen molar-refractivity contribution in [3.63, 3.8) is 0 Å². The van der Waals surface area contributed by atoms with Crippen LogP contribution in [0.25, 0.3) is 0 Å². The average molecular weight is 292 g/mol. The van der Waals surface area contributed by atoms with E-state index in [2.05, 4.69) is 5.32 Å². The number of hydrogen-bond donors (Lipinski definition) is 2. The molecule has 0 bridgehead atoms. The van der Waals surface area contributed by atoms with Gasteiger partial charge in [0.15, 0.2) is 0 Å². The van der Waals surface area contributed by atoms with E-state index in [0.717, 1.165) is 12.0 Å². The lowest BCUT2D eigenvalue weighted by Gasteiger charge is -2.26. The normalized spacial score (nSPS) is 21.0. The Bertz CT molecular complexity index is 492. The highest BCUT2D eigenvalue weighted by Gasteiger charge is 2.38. The lowest BCUT2D eigenvalue weighted by molar-refractivity contribution is -0.142. The highest BCUT2D eigenvalue weighted by Crippen LogP contribution is 2.18. The van der Waals surface area contributed by atoms with Crippen LogP contribution in [0, 0.1) is 5.92 Å². The molecule has 0 saturated carbocycles. The second kappa shape index (κ2) is 7.08. The molecule has 1 heterocycles. The minimum Gasteiger partial charge on any atom is -0.481 e. The predicted molar refractivity (Wildman–Crippen MR) is 77.0 cm³/mol. The standard InChI is InChI=1S/C15H20N2O4/c1-17(13-10-21-9-12(13)14(18)19)15(20)16-8-7-11-5-3-2-4-6-11/h2-6,12-13H,7-10H2,1H3,(H,16,20)(H,18,19). The topological polar surface area (TPSA) is 78.9 Å². The minimum absolute atomic E-state index is 0.154. The number of carboxylic acids is 1. The van der Waals surface area contributed by atoms with Gasteiger partial charge < -0.3 is 20.1 Å². The van der Waals surface area contributed by atoms with Gasteiger partial charge in [0.2, 0.25) is 0 Å². The highest BCUT2D eigenvalue weighted by molar-refractivity contribution is 5.77. The summed E-state index contributed by atoms with van der Waals surface area (Å²) >= 11 is 0. The van der Waals surface area contributed by atoms with Crippen molar-refractivity contribution >= 4 is 12.0 Å². The molecule has 6 nitrogen and oxygen atoms in total. The highest BCUT2D eigenvalue weighted by atomic mass is 16.5. The van der Waals surface area contributed by atoms with Gasteiger partial charge in [0.05, 0.1) is 19.3 Å². The van der Waals surface area contributed by atoms with Crippen LogP contribution in [0.15, 0.2) is 30.3 Å². The SMILES string of the molecule is CN(C(=O)NCCc1ccccc1)C1COCC1C(=O)O. The van der Waals surface area contributed by atoms with Gasteiger partial charge in [-0.2, -0.15) is 0 Å². The molecule has 0 aromatic heterocycles. The van der Waals surface area contributed by atoms with E-state index in [-0.39, 0.29) is 19.2 Å². The molecule has 2 rings (SSSR count). The molecule has 2 atom stereocenters. The van der Waals surface area contributed by atoms with Crippen LogP contribution in [-0.2, 0) is 16.0 Å². The van der Waals surface area contributed by atoms with Crippen molar-refractivity contribution in [2.75, 3.05) is 26.8 Å². The molecule has 2 amide bonds. The fourth-order valence-electron chi connectivity index (χ4n) is 2.39. The Balaban J connectivity index is 1.81. The van der Waals surface area contributed by atoms with E-state index in [1.54, 1.807) is 7.05 Å². The van der Waals surface area contributed by atoms with Crippen molar-refractivity contribution in [1.82, 2.24) is 10.2 Å². The van der Waals surface area contributed by atoms with E-state index in [1.807, 2.05) is 30.3 Å². The number of ether oxygens (including phenoxy) is 1. The van der Waals surface area contributed by atoms with Crippen molar-refractivity contribution in [1.29, 1.82) is 0 Å². The van der Waals surface area contributed by atoms with Gasteiger partial charge >= 0.3 is 12.0 Å². The van der Waals surface area contributed by atoms with Crippen molar-refractivity contribution in [3.05, 3.63) is 35.9 Å². The van der Waals surface area contributed by atoms with Crippen LogP contribution in [-0.4, -0.2) is 54.9 Å². The summed E-state index contributed by atoms with van der Waals surface area (Å²) in [6.07, 6.45) is 0.740. The Kier molecular flexibility index (Phi) is 5.16. The summed E-state index contributed by atoms with van der Waals surface area (Å²) in [7, 11) is 1.60. The van der Waals surface area contributed by atoms with Crippen LogP contribution in [0.3, 0.4) is 0 Å². The second-order valence-electron chi connectivity index (χ2n) is 5.13. The molecule has 1 aromatic rings. The third kappa shape index (κ3) is 3.95. The number of aliphatic carboxylic acids is 1. The van der Waals surface area contributed by atoms with Crippen molar-refractivity contribution in [2.24, 2.45) is 5.92 Å². The molecule has 6 heteroatoms. The van der Waals surface area contributed by atoms with Gasteiger partial charge in [-0.25, -0.2) is 4.79 Å². The zero-order chi connectivity index (χ0) is 15.2. The fraction of sp³-hybridized carbons (Fsp3) is 0.467. The number of carbonyl (C=O) groups excluding carboxylic acids is 1. The first-order chi connectivity index (χ1) is 10.1. The summed E-state index contributed by atoms with van der Waals surface area (Å²) in [6, 6.07) is 9.17. The van der Waals surface area contributed by atoms with Crippen LogP contribution in [0.2, 0.25) is 0 Å². The van der Waals surface area contributed by atoms with Crippen molar-refractivity contribution < 1.29 is 19.4 Å². The Morgan fingerprint density at radius 3 is 2.71 bits per heavy atom. The van der Waals surface area contributed by atoms with Crippen molar-refractivity contribution in [2.45, 2.75) is 12.5 Å². The van der Waals surface area contributed by atoms with E-state index in [1.165, 1.54) is 4.90 Å². The number of carboxylic acid groups (broad SMARTS) is 1. The zero-order valence-electron chi connectivity index (χ0n) is 12.0. The number of nitrogens with one attached hydrogen (secondary N) is 1. The first-order valence-corrected chi connectivity index (χ1v) is 6.94. The summed E-state index contributed by atoms with van der Waals surface area (Å²) in [5.41, 5.74) is 1.15. The fourth-order valence-corrected chi connectivity index (χ4v) is 2.39. The minimum atomic E-state index is -0.929. The summed E-state index contributed by atoms with van der Waals surface area (Å²) in [4.78, 5) is 24.6. The number of hydrogen-bond acceptors (Lipinski definition) is 3. The van der Waals surface area contributed by atoms with Crippen LogP contribution in [0.1, 0.15) is 5.56 Å². The third-order valence-electron chi connectivity index (χ3n) is 3.72. The number of rotatable bonds is 5. The van der Waals surface area contributed by atoms with Gasteiger partial charge in [-0.05, 0) is 12.0 Å². The average Bonchev–Trinajstić information content (AvgIpc) is 2.97. The maximum absolute atomic E-state index is 12.1. The Morgan fingerprint density at radius 1 is 1.33 bits per heavy atom. The van der Waals surface area contributed by atoms with Gasteiger partial charge in [0.1, 0.15) is 5.92 Å². The molecule has 21 heavy (non-hydrogen) atoms. The number of benzene rings is 1. The molecule has 0 radical (unpaired) electrons. The van der Waals surface area contributed by atoms with Crippen LogP contribution >= 0.6 is 0 Å². The lowest BCUT2D eigenvalue weighted by Crippen LogP contribution is -2.48. The van der Waals surface area contributed by atoms with Crippen LogP contribution in [0.4, 0.5) is 4.79 Å². The van der Waals surface area contributed by atoms with E-state index in [4.69, 9.17) is 9.84 Å². The molecule has 1 aromatic carbocycles. The summed E-state index contributed by atoms with van der Waals surface area (Å²) in [5, 5.41) is 11.9. The van der Waals surface area contributed by atoms with E-state index < -0.39 is 17.9 Å². The first kappa shape index (κ1) is 15.3. The second-order valence-corrected chi connectivity index (χ2v) is 5.13. The largest absolute Gasteiger partial charge is 0.481 e. The molecular weight excluding hydrogens is 272 g/mol. The van der Waals surface area contributed by atoms with Crippen LogP contribution in [0.5, 0.6) is 0 Å². The smallest absolute Gasteiger partial charge is 0.317 e. The molecule has 1 saturated heterocycles. The zero-order valence-corrected chi connectivity index (χ0v) is 12.0. The number of nitrogens with zero attached hydrogens (tertiary/aromatic N) is 1. The third-order valence-corrected chi connectivity index (χ3v) is 3.72. The Morgan fingerprint density at radius 2 is 2.05 bits per heavy atom. The van der Waals surface area contributed by atoms with Gasteiger partial charge in [0, 0.05) is 13.6 Å². The molecule has 1 fully saturated rings.